The normalized spacial score (nSPS) is 10.6. The Morgan fingerprint density at radius 2 is 2.17 bits per heavy atom. The van der Waals surface area contributed by atoms with E-state index in [1.165, 1.54) is 0 Å². The Morgan fingerprint density at radius 1 is 1.50 bits per heavy atom. The van der Waals surface area contributed by atoms with Gasteiger partial charge in [-0.2, -0.15) is 5.26 Å². The van der Waals surface area contributed by atoms with Crippen LogP contribution in [0.3, 0.4) is 0 Å². The van der Waals surface area contributed by atoms with E-state index in [4.69, 9.17) is 10.00 Å². The molecule has 0 radical (unpaired) electrons. The highest BCUT2D eigenvalue weighted by molar-refractivity contribution is 5.91. The van der Waals surface area contributed by atoms with Gasteiger partial charge in [-0.25, -0.2) is 0 Å². The lowest BCUT2D eigenvalue weighted by Gasteiger charge is -2.25. The highest BCUT2D eigenvalue weighted by Gasteiger charge is 2.22. The number of carbonyl (C=O) groups excluding carboxylic acids is 1. The van der Waals surface area contributed by atoms with Gasteiger partial charge in [0.05, 0.1) is 7.11 Å². The summed E-state index contributed by atoms with van der Waals surface area (Å²) >= 11 is 0. The molecule has 0 aliphatic heterocycles. The van der Waals surface area contributed by atoms with E-state index in [0.717, 1.165) is 16.9 Å². The van der Waals surface area contributed by atoms with E-state index in [0.29, 0.717) is 6.54 Å². The van der Waals surface area contributed by atoms with Gasteiger partial charge in [0.15, 0.2) is 6.07 Å². The molecule has 0 bridgehead atoms. The summed E-state index contributed by atoms with van der Waals surface area (Å²) in [7, 11) is 1.64. The predicted octanol–water partition coefficient (Wildman–Crippen LogP) is 1.92. The molecule has 0 aliphatic rings. The van der Waals surface area contributed by atoms with Crippen molar-refractivity contribution < 1.29 is 9.53 Å². The third-order valence-corrected chi connectivity index (χ3v) is 2.97. The zero-order valence-corrected chi connectivity index (χ0v) is 11.2. The minimum atomic E-state index is -0.603. The summed E-state index contributed by atoms with van der Waals surface area (Å²) in [4.78, 5) is 11.0. The van der Waals surface area contributed by atoms with Crippen molar-refractivity contribution in [2.45, 2.75) is 26.2 Å². The first-order valence-corrected chi connectivity index (χ1v) is 5.74. The number of rotatable bonds is 4. The lowest BCUT2D eigenvalue weighted by atomic mass is 9.83. The van der Waals surface area contributed by atoms with Crippen LogP contribution in [0.1, 0.15) is 25.0 Å². The van der Waals surface area contributed by atoms with E-state index in [1.807, 2.05) is 39.0 Å². The first-order chi connectivity index (χ1) is 8.40. The van der Waals surface area contributed by atoms with Crippen LogP contribution in [0.15, 0.2) is 18.2 Å². The Hall–Kier alpha value is -2.02. The predicted molar refractivity (Wildman–Crippen MR) is 69.4 cm³/mol. The molecule has 0 aromatic heterocycles. The number of nitriles is 1. The molecule has 0 unspecified atom stereocenters. The molecule has 4 heteroatoms. The Kier molecular flexibility index (Phi) is 4.33. The van der Waals surface area contributed by atoms with Crippen LogP contribution in [0.25, 0.3) is 0 Å². The SMILES string of the molecule is COc1ccc(C(C)(C)CNC(=O)C#N)cc1C. The summed E-state index contributed by atoms with van der Waals surface area (Å²) in [5, 5.41) is 11.0. The van der Waals surface area contributed by atoms with Gasteiger partial charge in [0, 0.05) is 12.0 Å². The minimum absolute atomic E-state index is 0.233. The number of hydrogen-bond donors (Lipinski definition) is 1. The smallest absolute Gasteiger partial charge is 0.322 e. The second kappa shape index (κ2) is 5.54. The van der Waals surface area contributed by atoms with E-state index in [-0.39, 0.29) is 5.41 Å². The monoisotopic (exact) mass is 246 g/mol. The van der Waals surface area contributed by atoms with Crippen LogP contribution in [0.5, 0.6) is 5.75 Å². The molecule has 1 amide bonds. The van der Waals surface area contributed by atoms with Crippen LogP contribution >= 0.6 is 0 Å². The van der Waals surface area contributed by atoms with Gasteiger partial charge in [0.25, 0.3) is 0 Å². The Balaban J connectivity index is 2.88. The molecule has 0 aliphatic carbocycles. The van der Waals surface area contributed by atoms with Crippen LogP contribution in [-0.4, -0.2) is 19.6 Å². The van der Waals surface area contributed by atoms with Gasteiger partial charge in [-0.15, -0.1) is 0 Å². The van der Waals surface area contributed by atoms with Gasteiger partial charge in [0.1, 0.15) is 5.75 Å². The number of amides is 1. The van der Waals surface area contributed by atoms with Gasteiger partial charge in [-0.3, -0.25) is 4.79 Å². The maximum absolute atomic E-state index is 11.0. The fourth-order valence-corrected chi connectivity index (χ4v) is 1.74. The summed E-state index contributed by atoms with van der Waals surface area (Å²) < 4.78 is 5.22. The lowest BCUT2D eigenvalue weighted by molar-refractivity contribution is -0.116. The molecule has 1 N–H and O–H groups in total. The van der Waals surface area contributed by atoms with Crippen molar-refractivity contribution in [3.05, 3.63) is 29.3 Å². The first kappa shape index (κ1) is 14.0. The van der Waals surface area contributed by atoms with Crippen LogP contribution in [0.2, 0.25) is 0 Å². The largest absolute Gasteiger partial charge is 0.496 e. The summed E-state index contributed by atoms with van der Waals surface area (Å²) in [6.07, 6.45) is 0. The summed E-state index contributed by atoms with van der Waals surface area (Å²) in [5.74, 6) is 0.240. The van der Waals surface area contributed by atoms with Gasteiger partial charge in [-0.05, 0) is 24.1 Å². The Labute approximate surface area is 108 Å². The van der Waals surface area contributed by atoms with Gasteiger partial charge < -0.3 is 10.1 Å². The fraction of sp³-hybridized carbons (Fsp3) is 0.429. The number of benzene rings is 1. The van der Waals surface area contributed by atoms with Crippen LogP contribution in [-0.2, 0) is 10.2 Å². The zero-order chi connectivity index (χ0) is 13.8. The van der Waals surface area contributed by atoms with E-state index < -0.39 is 5.91 Å². The highest BCUT2D eigenvalue weighted by atomic mass is 16.5. The molecule has 0 saturated carbocycles. The van der Waals surface area contributed by atoms with E-state index in [1.54, 1.807) is 13.2 Å². The third-order valence-electron chi connectivity index (χ3n) is 2.97. The molecular weight excluding hydrogens is 228 g/mol. The molecule has 96 valence electrons. The molecule has 0 heterocycles. The van der Waals surface area contributed by atoms with Crippen molar-refractivity contribution in [2.75, 3.05) is 13.7 Å². The molecule has 1 aromatic carbocycles. The summed E-state index contributed by atoms with van der Waals surface area (Å²) in [6.45, 7) is 6.44. The number of nitrogens with one attached hydrogen (secondary N) is 1. The molecule has 0 spiro atoms. The standard InChI is InChI=1S/C14H18N2O2/c1-10-7-11(5-6-12(10)18-4)14(2,3)9-16-13(17)8-15/h5-7H,9H2,1-4H3,(H,16,17). The molecule has 1 rings (SSSR count). The molecule has 1 aromatic rings. The van der Waals surface area contributed by atoms with Gasteiger partial charge in [0.2, 0.25) is 0 Å². The van der Waals surface area contributed by atoms with Crippen molar-refractivity contribution >= 4 is 5.91 Å². The number of ether oxygens (including phenoxy) is 1. The van der Waals surface area contributed by atoms with E-state index >= 15 is 0 Å². The molecule has 0 atom stereocenters. The third kappa shape index (κ3) is 3.24. The average Bonchev–Trinajstić information content (AvgIpc) is 2.35. The second-order valence-corrected chi connectivity index (χ2v) is 4.86. The lowest BCUT2D eigenvalue weighted by Crippen LogP contribution is -2.36. The zero-order valence-electron chi connectivity index (χ0n) is 11.2. The van der Waals surface area contributed by atoms with Crippen molar-refractivity contribution in [3.63, 3.8) is 0 Å². The van der Waals surface area contributed by atoms with Crippen LogP contribution in [0.4, 0.5) is 0 Å². The van der Waals surface area contributed by atoms with Crippen LogP contribution < -0.4 is 10.1 Å². The molecular formula is C14H18N2O2. The van der Waals surface area contributed by atoms with Crippen molar-refractivity contribution in [1.29, 1.82) is 5.26 Å². The van der Waals surface area contributed by atoms with Crippen molar-refractivity contribution in [2.24, 2.45) is 0 Å². The van der Waals surface area contributed by atoms with Crippen LogP contribution in [0, 0.1) is 18.3 Å². The average molecular weight is 246 g/mol. The second-order valence-electron chi connectivity index (χ2n) is 4.86. The maximum Gasteiger partial charge on any atom is 0.322 e. The number of nitrogens with zero attached hydrogens (tertiary/aromatic N) is 1. The molecule has 18 heavy (non-hydrogen) atoms. The maximum atomic E-state index is 11.0. The van der Waals surface area contributed by atoms with E-state index in [2.05, 4.69) is 5.32 Å². The first-order valence-electron chi connectivity index (χ1n) is 5.74. The van der Waals surface area contributed by atoms with E-state index in [9.17, 15) is 4.79 Å². The fourth-order valence-electron chi connectivity index (χ4n) is 1.74. The number of methoxy groups -OCH3 is 1. The van der Waals surface area contributed by atoms with Gasteiger partial charge >= 0.3 is 5.91 Å². The number of aryl methyl sites for hydroxylation is 1. The van der Waals surface area contributed by atoms with Crippen molar-refractivity contribution in [1.82, 2.24) is 5.32 Å². The topological polar surface area (TPSA) is 62.1 Å². The Morgan fingerprint density at radius 3 is 2.67 bits per heavy atom. The Bertz CT molecular complexity index is 487. The molecule has 0 saturated heterocycles. The summed E-state index contributed by atoms with van der Waals surface area (Å²) in [5.41, 5.74) is 1.91. The van der Waals surface area contributed by atoms with Crippen molar-refractivity contribution in [3.8, 4) is 11.8 Å². The number of carbonyl (C=O) groups is 1. The molecule has 0 fully saturated rings. The van der Waals surface area contributed by atoms with Gasteiger partial charge in [-0.1, -0.05) is 26.0 Å². The highest BCUT2D eigenvalue weighted by Crippen LogP contribution is 2.27. The minimum Gasteiger partial charge on any atom is -0.496 e. The summed E-state index contributed by atoms with van der Waals surface area (Å²) in [6, 6.07) is 7.48. The quantitative estimate of drug-likeness (QED) is 0.826. The molecule has 4 nitrogen and oxygen atoms in total. The number of hydrogen-bond acceptors (Lipinski definition) is 3.